The second kappa shape index (κ2) is 8.38. The molecule has 0 radical (unpaired) electrons. The number of amides is 1. The molecule has 1 heterocycles. The van der Waals surface area contributed by atoms with E-state index >= 15 is 0 Å². The molecule has 1 aliphatic carbocycles. The van der Waals surface area contributed by atoms with Gasteiger partial charge in [0.15, 0.2) is 0 Å². The summed E-state index contributed by atoms with van der Waals surface area (Å²) < 4.78 is 0. The van der Waals surface area contributed by atoms with Crippen molar-refractivity contribution in [2.24, 2.45) is 0 Å². The van der Waals surface area contributed by atoms with Crippen LogP contribution in [0.15, 0.2) is 35.9 Å². The molecule has 0 bridgehead atoms. The number of H-pyrrole nitrogens is 1. The number of benzene rings is 1. The third-order valence-corrected chi connectivity index (χ3v) is 5.56. The van der Waals surface area contributed by atoms with E-state index in [1.165, 1.54) is 31.3 Å². The molecular formula is C19H25N3OS. The highest BCUT2D eigenvalue weighted by molar-refractivity contribution is 8.00. The molecule has 1 aromatic heterocycles. The highest BCUT2D eigenvalue weighted by Crippen LogP contribution is 2.27. The molecule has 0 saturated carbocycles. The molecule has 1 amide bonds. The van der Waals surface area contributed by atoms with Crippen molar-refractivity contribution in [1.29, 1.82) is 0 Å². The van der Waals surface area contributed by atoms with Crippen molar-refractivity contribution in [3.63, 3.8) is 0 Å². The monoisotopic (exact) mass is 343 g/mol. The number of hydrogen-bond acceptors (Lipinski definition) is 3. The van der Waals surface area contributed by atoms with Crippen molar-refractivity contribution >= 4 is 28.7 Å². The lowest BCUT2D eigenvalue weighted by Crippen LogP contribution is -2.26. The van der Waals surface area contributed by atoms with Crippen LogP contribution in [0.25, 0.3) is 11.0 Å². The minimum atomic E-state index is 0.111. The zero-order valence-corrected chi connectivity index (χ0v) is 15.0. The number of para-hydroxylation sites is 2. The summed E-state index contributed by atoms with van der Waals surface area (Å²) in [6.07, 6.45) is 8.35. The molecule has 1 aromatic carbocycles. The normalized spacial score (nSPS) is 16.0. The first-order chi connectivity index (χ1) is 11.7. The Morgan fingerprint density at radius 2 is 2.25 bits per heavy atom. The molecule has 1 unspecified atom stereocenters. The van der Waals surface area contributed by atoms with Crippen LogP contribution in [0.2, 0.25) is 0 Å². The number of thioether (sulfide) groups is 1. The van der Waals surface area contributed by atoms with Crippen molar-refractivity contribution < 1.29 is 4.79 Å². The van der Waals surface area contributed by atoms with Crippen LogP contribution >= 0.6 is 11.8 Å². The first-order valence-corrected chi connectivity index (χ1v) is 9.78. The second-order valence-electron chi connectivity index (χ2n) is 6.30. The molecule has 0 aliphatic heterocycles. The third-order valence-electron chi connectivity index (χ3n) is 4.41. The van der Waals surface area contributed by atoms with Gasteiger partial charge in [0.1, 0.15) is 5.82 Å². The van der Waals surface area contributed by atoms with Crippen molar-refractivity contribution in [2.75, 3.05) is 12.3 Å². The van der Waals surface area contributed by atoms with Crippen molar-refractivity contribution in [1.82, 2.24) is 15.3 Å². The Hall–Kier alpha value is -1.75. The van der Waals surface area contributed by atoms with Crippen molar-refractivity contribution in [3.8, 4) is 0 Å². The summed E-state index contributed by atoms with van der Waals surface area (Å²) in [5.74, 6) is 1.51. The average Bonchev–Trinajstić information content (AvgIpc) is 3.05. The molecule has 0 spiro atoms. The predicted octanol–water partition coefficient (Wildman–Crippen LogP) is 4.36. The molecule has 2 aromatic rings. The molecule has 2 N–H and O–H groups in total. The van der Waals surface area contributed by atoms with Gasteiger partial charge in [-0.2, -0.15) is 0 Å². The Labute approximate surface area is 147 Å². The molecule has 4 nitrogen and oxygen atoms in total. The fourth-order valence-corrected chi connectivity index (χ4v) is 3.76. The Morgan fingerprint density at radius 1 is 1.38 bits per heavy atom. The van der Waals surface area contributed by atoms with Crippen LogP contribution in [0.4, 0.5) is 0 Å². The van der Waals surface area contributed by atoms with Gasteiger partial charge in [-0.1, -0.05) is 23.8 Å². The van der Waals surface area contributed by atoms with Crippen LogP contribution in [-0.2, 0) is 4.79 Å². The summed E-state index contributed by atoms with van der Waals surface area (Å²) in [6.45, 7) is 2.84. The number of rotatable bonds is 7. The SMILES string of the molecule is CC(SCC(=O)NCCC1=CCCCC1)c1nc2ccccc2[nH]1. The lowest BCUT2D eigenvalue weighted by atomic mass is 9.97. The summed E-state index contributed by atoms with van der Waals surface area (Å²) in [5.41, 5.74) is 3.53. The number of allylic oxidation sites excluding steroid dienone is 1. The van der Waals surface area contributed by atoms with Gasteiger partial charge in [-0.05, 0) is 51.2 Å². The van der Waals surface area contributed by atoms with Crippen molar-refractivity contribution in [3.05, 3.63) is 41.7 Å². The van der Waals surface area contributed by atoms with Crippen LogP contribution in [-0.4, -0.2) is 28.2 Å². The highest BCUT2D eigenvalue weighted by Gasteiger charge is 2.13. The number of hydrogen-bond donors (Lipinski definition) is 2. The number of aromatic nitrogens is 2. The fraction of sp³-hybridized carbons (Fsp3) is 0.474. The predicted molar refractivity (Wildman–Crippen MR) is 101 cm³/mol. The van der Waals surface area contributed by atoms with Crippen LogP contribution in [0, 0.1) is 0 Å². The molecule has 1 aliphatic rings. The van der Waals surface area contributed by atoms with Crippen LogP contribution in [0.3, 0.4) is 0 Å². The van der Waals surface area contributed by atoms with Crippen molar-refractivity contribution in [2.45, 2.75) is 44.3 Å². The van der Waals surface area contributed by atoms with E-state index in [0.29, 0.717) is 5.75 Å². The van der Waals surface area contributed by atoms with Gasteiger partial charge in [0.05, 0.1) is 22.0 Å². The number of nitrogens with zero attached hydrogens (tertiary/aromatic N) is 1. The molecule has 24 heavy (non-hydrogen) atoms. The minimum Gasteiger partial charge on any atom is -0.355 e. The largest absolute Gasteiger partial charge is 0.355 e. The summed E-state index contributed by atoms with van der Waals surface area (Å²) in [7, 11) is 0. The van der Waals surface area contributed by atoms with Gasteiger partial charge in [0, 0.05) is 6.54 Å². The number of carbonyl (C=O) groups is 1. The number of fused-ring (bicyclic) bond motifs is 1. The molecule has 128 valence electrons. The number of nitrogens with one attached hydrogen (secondary N) is 2. The maximum atomic E-state index is 12.0. The Morgan fingerprint density at radius 3 is 3.04 bits per heavy atom. The van der Waals surface area contributed by atoms with Gasteiger partial charge in [-0.15, -0.1) is 11.8 Å². The van der Waals surface area contributed by atoms with Gasteiger partial charge < -0.3 is 10.3 Å². The highest BCUT2D eigenvalue weighted by atomic mass is 32.2. The number of imidazole rings is 1. The number of aromatic amines is 1. The summed E-state index contributed by atoms with van der Waals surface area (Å²) in [4.78, 5) is 19.9. The second-order valence-corrected chi connectivity index (χ2v) is 7.63. The quantitative estimate of drug-likeness (QED) is 0.734. The van der Waals surface area contributed by atoms with Gasteiger partial charge in [0.25, 0.3) is 0 Å². The lowest BCUT2D eigenvalue weighted by Gasteiger charge is -2.13. The van der Waals surface area contributed by atoms with E-state index in [1.807, 2.05) is 24.3 Å². The fourth-order valence-electron chi connectivity index (χ4n) is 2.99. The zero-order valence-electron chi connectivity index (χ0n) is 14.2. The van der Waals surface area contributed by atoms with E-state index in [4.69, 9.17) is 0 Å². The van der Waals surface area contributed by atoms with E-state index in [2.05, 4.69) is 28.3 Å². The molecule has 0 fully saturated rings. The third kappa shape index (κ3) is 4.63. The van der Waals surface area contributed by atoms with E-state index in [9.17, 15) is 4.79 Å². The summed E-state index contributed by atoms with van der Waals surface area (Å²) >= 11 is 1.62. The maximum absolute atomic E-state index is 12.0. The van der Waals surface area contributed by atoms with Crippen LogP contribution in [0.1, 0.15) is 50.1 Å². The van der Waals surface area contributed by atoms with Gasteiger partial charge in [0.2, 0.25) is 5.91 Å². The first-order valence-electron chi connectivity index (χ1n) is 8.73. The van der Waals surface area contributed by atoms with E-state index in [1.54, 1.807) is 11.8 Å². The van der Waals surface area contributed by atoms with Gasteiger partial charge in [-0.25, -0.2) is 4.98 Å². The molecular weight excluding hydrogens is 318 g/mol. The summed E-state index contributed by atoms with van der Waals surface area (Å²) in [6, 6.07) is 8.01. The zero-order chi connectivity index (χ0) is 16.8. The standard InChI is InChI=1S/C19H25N3OS/c1-14(19-21-16-9-5-6-10-17(16)22-19)24-13-18(23)20-12-11-15-7-3-2-4-8-15/h5-7,9-10,14H,2-4,8,11-13H2,1H3,(H,20,23)(H,21,22). The van der Waals surface area contributed by atoms with Gasteiger partial charge in [-0.3, -0.25) is 4.79 Å². The molecule has 5 heteroatoms. The van der Waals surface area contributed by atoms with Crippen LogP contribution < -0.4 is 5.32 Å². The smallest absolute Gasteiger partial charge is 0.230 e. The Bertz CT molecular complexity index is 689. The first kappa shape index (κ1) is 17.1. The topological polar surface area (TPSA) is 57.8 Å². The lowest BCUT2D eigenvalue weighted by molar-refractivity contribution is -0.118. The Kier molecular flexibility index (Phi) is 5.96. The van der Waals surface area contributed by atoms with E-state index in [-0.39, 0.29) is 11.2 Å². The summed E-state index contributed by atoms with van der Waals surface area (Å²) in [5, 5.41) is 3.20. The molecule has 0 saturated heterocycles. The minimum absolute atomic E-state index is 0.111. The number of carbonyl (C=O) groups excluding carboxylic acids is 1. The van der Waals surface area contributed by atoms with E-state index in [0.717, 1.165) is 29.8 Å². The maximum Gasteiger partial charge on any atom is 0.230 e. The van der Waals surface area contributed by atoms with E-state index < -0.39 is 0 Å². The van der Waals surface area contributed by atoms with Crippen LogP contribution in [0.5, 0.6) is 0 Å². The molecule has 1 atom stereocenters. The Balaban J connectivity index is 1.41. The average molecular weight is 343 g/mol. The molecule has 3 rings (SSSR count). The van der Waals surface area contributed by atoms with Gasteiger partial charge >= 0.3 is 0 Å².